The van der Waals surface area contributed by atoms with Crippen molar-refractivity contribution in [2.45, 2.75) is 25.5 Å². The van der Waals surface area contributed by atoms with Crippen molar-refractivity contribution in [2.75, 3.05) is 26.9 Å². The quantitative estimate of drug-likeness (QED) is 0.568. The number of ether oxygens (including phenoxy) is 1. The first-order valence-electron chi connectivity index (χ1n) is 6.32. The number of hydrogen-bond acceptors (Lipinski definition) is 3. The van der Waals surface area contributed by atoms with Gasteiger partial charge in [0.05, 0.1) is 6.61 Å². The lowest BCUT2D eigenvalue weighted by Gasteiger charge is -2.36. The molecular weight excluding hydrogens is 201 g/mol. The van der Waals surface area contributed by atoms with Crippen molar-refractivity contribution in [1.82, 2.24) is 0 Å². The summed E-state index contributed by atoms with van der Waals surface area (Å²) in [6.45, 7) is 2.59. The van der Waals surface area contributed by atoms with Gasteiger partial charge in [-0.3, -0.25) is 0 Å². The van der Waals surface area contributed by atoms with Gasteiger partial charge in [0, 0.05) is 20.3 Å². The SMILES string of the molecule is COCC1=CC2CB(OCCN)CC(C1)C2. The Morgan fingerprint density at radius 2 is 2.38 bits per heavy atom. The zero-order valence-electron chi connectivity index (χ0n) is 10.2. The number of nitrogens with two attached hydrogens (primary N) is 1. The Morgan fingerprint density at radius 1 is 1.50 bits per heavy atom. The zero-order valence-corrected chi connectivity index (χ0v) is 10.2. The van der Waals surface area contributed by atoms with E-state index in [-0.39, 0.29) is 0 Å². The van der Waals surface area contributed by atoms with Crippen LogP contribution in [0.4, 0.5) is 0 Å². The maximum absolute atomic E-state index is 5.78. The highest BCUT2D eigenvalue weighted by Crippen LogP contribution is 2.39. The summed E-state index contributed by atoms with van der Waals surface area (Å²) in [5, 5.41) is 0. The summed E-state index contributed by atoms with van der Waals surface area (Å²) in [5.74, 6) is 1.51. The largest absolute Gasteiger partial charge is 0.435 e. The summed E-state index contributed by atoms with van der Waals surface area (Å²) in [7, 11) is 1.78. The van der Waals surface area contributed by atoms with E-state index in [4.69, 9.17) is 15.1 Å². The highest BCUT2D eigenvalue weighted by Gasteiger charge is 2.34. The topological polar surface area (TPSA) is 44.5 Å². The van der Waals surface area contributed by atoms with Gasteiger partial charge >= 0.3 is 0 Å². The highest BCUT2D eigenvalue weighted by atomic mass is 16.5. The summed E-state index contributed by atoms with van der Waals surface area (Å²) in [6.07, 6.45) is 7.34. The van der Waals surface area contributed by atoms with Crippen molar-refractivity contribution in [3.8, 4) is 0 Å². The first kappa shape index (κ1) is 12.2. The summed E-state index contributed by atoms with van der Waals surface area (Å²) >= 11 is 0. The molecule has 1 heterocycles. The molecule has 1 aliphatic heterocycles. The van der Waals surface area contributed by atoms with Gasteiger partial charge in [-0.1, -0.05) is 6.08 Å². The van der Waals surface area contributed by atoms with Crippen LogP contribution < -0.4 is 5.73 Å². The fourth-order valence-corrected chi connectivity index (χ4v) is 3.16. The lowest BCUT2D eigenvalue weighted by Crippen LogP contribution is -2.34. The van der Waals surface area contributed by atoms with Crippen LogP contribution in [-0.2, 0) is 9.39 Å². The molecule has 1 fully saturated rings. The second-order valence-electron chi connectivity index (χ2n) is 5.08. The van der Waals surface area contributed by atoms with Crippen molar-refractivity contribution >= 4 is 6.92 Å². The molecule has 3 nitrogen and oxygen atoms in total. The van der Waals surface area contributed by atoms with Gasteiger partial charge in [-0.2, -0.15) is 0 Å². The van der Waals surface area contributed by atoms with Gasteiger partial charge in [-0.05, 0) is 42.9 Å². The number of fused-ring (bicyclic) bond motifs is 2. The van der Waals surface area contributed by atoms with Crippen LogP contribution in [0.15, 0.2) is 11.6 Å². The van der Waals surface area contributed by atoms with Crippen molar-refractivity contribution in [3.63, 3.8) is 0 Å². The molecular formula is C12H22BNO2. The monoisotopic (exact) mass is 223 g/mol. The van der Waals surface area contributed by atoms with Gasteiger partial charge in [-0.25, -0.2) is 0 Å². The van der Waals surface area contributed by atoms with Crippen molar-refractivity contribution in [2.24, 2.45) is 17.6 Å². The predicted octanol–water partition coefficient (Wildman–Crippen LogP) is 1.57. The molecule has 2 N–H and O–H groups in total. The van der Waals surface area contributed by atoms with E-state index in [1.165, 1.54) is 31.1 Å². The van der Waals surface area contributed by atoms with E-state index in [2.05, 4.69) is 6.08 Å². The fraction of sp³-hybridized carbons (Fsp3) is 0.833. The Kier molecular flexibility index (Phi) is 4.44. The third-order valence-electron chi connectivity index (χ3n) is 3.62. The second-order valence-corrected chi connectivity index (χ2v) is 5.08. The Balaban J connectivity index is 1.88. The smallest absolute Gasteiger partial charge is 0.293 e. The van der Waals surface area contributed by atoms with Gasteiger partial charge in [0.25, 0.3) is 6.92 Å². The van der Waals surface area contributed by atoms with Crippen LogP contribution in [-0.4, -0.2) is 33.8 Å². The lowest BCUT2D eigenvalue weighted by atomic mass is 9.48. The molecule has 0 saturated carbocycles. The van der Waals surface area contributed by atoms with Gasteiger partial charge in [0.15, 0.2) is 0 Å². The summed E-state index contributed by atoms with van der Waals surface area (Å²) in [4.78, 5) is 0. The Labute approximate surface area is 98.5 Å². The van der Waals surface area contributed by atoms with Crippen LogP contribution in [0.3, 0.4) is 0 Å². The van der Waals surface area contributed by atoms with Gasteiger partial charge in [-0.15, -0.1) is 0 Å². The average Bonchev–Trinajstić information content (AvgIpc) is 2.25. The Hall–Kier alpha value is -0.315. The van der Waals surface area contributed by atoms with E-state index in [1.807, 2.05) is 0 Å². The maximum Gasteiger partial charge on any atom is 0.293 e. The van der Waals surface area contributed by atoms with Gasteiger partial charge in [0.1, 0.15) is 0 Å². The molecule has 1 aliphatic carbocycles. The number of methoxy groups -OCH3 is 1. The summed E-state index contributed by atoms with van der Waals surface area (Å²) < 4.78 is 11.0. The molecule has 2 rings (SSSR count). The molecule has 0 amide bonds. The summed E-state index contributed by atoms with van der Waals surface area (Å²) in [5.41, 5.74) is 6.96. The maximum atomic E-state index is 5.78. The van der Waals surface area contributed by atoms with E-state index < -0.39 is 0 Å². The molecule has 4 heteroatoms. The van der Waals surface area contributed by atoms with Crippen molar-refractivity contribution in [1.29, 1.82) is 0 Å². The minimum atomic E-state index is 0.438. The van der Waals surface area contributed by atoms with E-state index in [1.54, 1.807) is 7.11 Å². The molecule has 2 unspecified atom stereocenters. The average molecular weight is 223 g/mol. The second kappa shape index (κ2) is 5.85. The third kappa shape index (κ3) is 3.09. The van der Waals surface area contributed by atoms with Crippen LogP contribution in [0, 0.1) is 11.8 Å². The fourth-order valence-electron chi connectivity index (χ4n) is 3.16. The molecule has 16 heavy (non-hydrogen) atoms. The molecule has 2 atom stereocenters. The Bertz CT molecular complexity index is 257. The zero-order chi connectivity index (χ0) is 11.4. The van der Waals surface area contributed by atoms with Crippen LogP contribution >= 0.6 is 0 Å². The van der Waals surface area contributed by atoms with Crippen LogP contribution in [0.5, 0.6) is 0 Å². The first-order valence-corrected chi connectivity index (χ1v) is 6.32. The Morgan fingerprint density at radius 3 is 3.06 bits per heavy atom. The van der Waals surface area contributed by atoms with Crippen LogP contribution in [0.1, 0.15) is 12.8 Å². The molecule has 2 aliphatic rings. The standard InChI is InChI=1S/C12H22BNO2/c1-15-9-12-5-10-4-11(6-12)8-13(7-10)16-3-2-14/h5,10-11H,2-4,6-9,14H2,1H3. The predicted molar refractivity (Wildman–Crippen MR) is 66.5 cm³/mol. The number of rotatable bonds is 5. The third-order valence-corrected chi connectivity index (χ3v) is 3.62. The molecule has 0 aromatic rings. The molecule has 0 aromatic carbocycles. The van der Waals surface area contributed by atoms with Crippen molar-refractivity contribution < 1.29 is 9.39 Å². The van der Waals surface area contributed by atoms with E-state index in [0.717, 1.165) is 12.5 Å². The summed E-state index contributed by atoms with van der Waals surface area (Å²) in [6, 6.07) is 0. The molecule has 0 radical (unpaired) electrons. The molecule has 90 valence electrons. The normalized spacial score (nSPS) is 29.1. The molecule has 0 spiro atoms. The molecule has 1 saturated heterocycles. The minimum absolute atomic E-state index is 0.438. The van der Waals surface area contributed by atoms with E-state index >= 15 is 0 Å². The van der Waals surface area contributed by atoms with Crippen LogP contribution in [0.2, 0.25) is 12.6 Å². The van der Waals surface area contributed by atoms with Crippen molar-refractivity contribution in [3.05, 3.63) is 11.6 Å². The van der Waals surface area contributed by atoms with E-state index in [0.29, 0.717) is 26.0 Å². The van der Waals surface area contributed by atoms with Gasteiger partial charge < -0.3 is 15.1 Å². The molecule has 0 aromatic heterocycles. The van der Waals surface area contributed by atoms with Crippen LogP contribution in [0.25, 0.3) is 0 Å². The molecule has 2 bridgehead atoms. The van der Waals surface area contributed by atoms with E-state index in [9.17, 15) is 0 Å². The highest BCUT2D eigenvalue weighted by molar-refractivity contribution is 6.52. The lowest BCUT2D eigenvalue weighted by molar-refractivity contribution is 0.212. The van der Waals surface area contributed by atoms with Gasteiger partial charge in [0.2, 0.25) is 0 Å². The first-order chi connectivity index (χ1) is 7.81. The number of hydrogen-bond donors (Lipinski definition) is 1. The minimum Gasteiger partial charge on any atom is -0.435 e. The number of allylic oxidation sites excluding steroid dienone is 1.